The summed E-state index contributed by atoms with van der Waals surface area (Å²) >= 11 is 0. The molecule has 0 amide bonds. The van der Waals surface area contributed by atoms with Crippen molar-refractivity contribution in [2.24, 2.45) is 5.92 Å². The number of unbranched alkanes of at least 4 members (excludes halogenated alkanes) is 1. The van der Waals surface area contributed by atoms with Gasteiger partial charge in [-0.25, -0.2) is 9.59 Å². The summed E-state index contributed by atoms with van der Waals surface area (Å²) in [5.74, 6) is -0.262. The van der Waals surface area contributed by atoms with E-state index in [1.165, 1.54) is 6.07 Å². The number of carbonyl (C=O) groups is 2. The van der Waals surface area contributed by atoms with Crippen LogP contribution in [-0.4, -0.2) is 25.2 Å². The number of ether oxygens (including phenoxy) is 2. The van der Waals surface area contributed by atoms with E-state index in [-0.39, 0.29) is 0 Å². The van der Waals surface area contributed by atoms with E-state index in [4.69, 9.17) is 9.47 Å². The van der Waals surface area contributed by atoms with Gasteiger partial charge in [0.2, 0.25) is 0 Å². The van der Waals surface area contributed by atoms with Crippen LogP contribution in [0, 0.1) is 5.92 Å². The average Bonchev–Trinajstić information content (AvgIpc) is 2.54. The average molecular weight is 306 g/mol. The van der Waals surface area contributed by atoms with Crippen LogP contribution >= 0.6 is 0 Å². The van der Waals surface area contributed by atoms with Crippen LogP contribution in [0.3, 0.4) is 0 Å². The largest absolute Gasteiger partial charge is 0.462 e. The smallest absolute Gasteiger partial charge is 0.338 e. The fraction of sp³-hybridized carbons (Fsp3) is 0.556. The molecule has 0 aromatic heterocycles. The van der Waals surface area contributed by atoms with Gasteiger partial charge in [0.1, 0.15) is 0 Å². The van der Waals surface area contributed by atoms with E-state index in [0.717, 1.165) is 25.7 Å². The number of rotatable bonds is 9. The molecule has 0 radical (unpaired) electrons. The predicted molar refractivity (Wildman–Crippen MR) is 86.0 cm³/mol. The number of esters is 2. The number of benzene rings is 1. The van der Waals surface area contributed by atoms with E-state index in [2.05, 4.69) is 13.8 Å². The topological polar surface area (TPSA) is 52.6 Å². The van der Waals surface area contributed by atoms with Crippen LogP contribution in [0.25, 0.3) is 0 Å². The standard InChI is InChI=1S/C18H26O4/c1-4-6-11-21-17(19)15-8-7-9-16(13-15)18(20)22-12-10-14(3)5-2/h7-9,13-14H,4-6,10-12H2,1-3H3. The fourth-order valence-corrected chi connectivity index (χ4v) is 1.81. The van der Waals surface area contributed by atoms with E-state index < -0.39 is 11.9 Å². The zero-order valence-corrected chi connectivity index (χ0v) is 13.8. The molecule has 0 fully saturated rings. The van der Waals surface area contributed by atoms with Crippen molar-refractivity contribution in [3.8, 4) is 0 Å². The van der Waals surface area contributed by atoms with Crippen molar-refractivity contribution in [2.45, 2.75) is 46.5 Å². The summed E-state index contributed by atoms with van der Waals surface area (Å²) in [5.41, 5.74) is 0.765. The summed E-state index contributed by atoms with van der Waals surface area (Å²) in [6.07, 6.45) is 3.72. The summed E-state index contributed by atoms with van der Waals surface area (Å²) in [6, 6.07) is 6.49. The van der Waals surface area contributed by atoms with Crippen LogP contribution in [0.15, 0.2) is 24.3 Å². The SMILES string of the molecule is CCCCOC(=O)c1cccc(C(=O)OCCC(C)CC)c1. The third-order valence-electron chi connectivity index (χ3n) is 3.61. The van der Waals surface area contributed by atoms with Crippen molar-refractivity contribution < 1.29 is 19.1 Å². The van der Waals surface area contributed by atoms with Gasteiger partial charge in [-0.1, -0.05) is 39.7 Å². The molecule has 1 aromatic rings. The number of hydrogen-bond donors (Lipinski definition) is 0. The molecule has 4 heteroatoms. The van der Waals surface area contributed by atoms with Crippen molar-refractivity contribution in [3.63, 3.8) is 0 Å². The van der Waals surface area contributed by atoms with E-state index in [1.54, 1.807) is 18.2 Å². The van der Waals surface area contributed by atoms with E-state index >= 15 is 0 Å². The van der Waals surface area contributed by atoms with Gasteiger partial charge < -0.3 is 9.47 Å². The van der Waals surface area contributed by atoms with Gasteiger partial charge in [-0.15, -0.1) is 0 Å². The maximum atomic E-state index is 12.0. The summed E-state index contributed by atoms with van der Waals surface area (Å²) < 4.78 is 10.4. The molecular weight excluding hydrogens is 280 g/mol. The molecule has 0 saturated heterocycles. The first-order valence-corrected chi connectivity index (χ1v) is 8.02. The normalized spacial score (nSPS) is 11.8. The first-order valence-electron chi connectivity index (χ1n) is 8.02. The van der Waals surface area contributed by atoms with Gasteiger partial charge in [0.15, 0.2) is 0 Å². The molecule has 0 heterocycles. The van der Waals surface area contributed by atoms with Crippen LogP contribution in [0.2, 0.25) is 0 Å². The lowest BCUT2D eigenvalue weighted by molar-refractivity contribution is 0.0484. The molecule has 1 unspecified atom stereocenters. The molecule has 0 bridgehead atoms. The Morgan fingerprint density at radius 2 is 1.64 bits per heavy atom. The van der Waals surface area contributed by atoms with Crippen LogP contribution < -0.4 is 0 Å². The highest BCUT2D eigenvalue weighted by atomic mass is 16.5. The Bertz CT molecular complexity index is 482. The molecule has 0 aliphatic heterocycles. The molecule has 0 saturated carbocycles. The second-order valence-corrected chi connectivity index (χ2v) is 5.51. The van der Waals surface area contributed by atoms with E-state index in [9.17, 15) is 9.59 Å². The monoisotopic (exact) mass is 306 g/mol. The Kier molecular flexibility index (Phi) is 8.26. The molecule has 4 nitrogen and oxygen atoms in total. The van der Waals surface area contributed by atoms with Crippen LogP contribution in [0.1, 0.15) is 67.2 Å². The molecule has 1 rings (SSSR count). The van der Waals surface area contributed by atoms with Gasteiger partial charge in [0.05, 0.1) is 24.3 Å². The van der Waals surface area contributed by atoms with Crippen LogP contribution in [0.4, 0.5) is 0 Å². The third kappa shape index (κ3) is 6.29. The van der Waals surface area contributed by atoms with Gasteiger partial charge >= 0.3 is 11.9 Å². The molecule has 0 aliphatic rings. The summed E-state index contributed by atoms with van der Waals surface area (Å²) in [5, 5.41) is 0. The minimum Gasteiger partial charge on any atom is -0.462 e. The van der Waals surface area contributed by atoms with Crippen molar-refractivity contribution in [3.05, 3.63) is 35.4 Å². The Morgan fingerprint density at radius 1 is 1.05 bits per heavy atom. The summed E-state index contributed by atoms with van der Waals surface area (Å²) in [4.78, 5) is 23.8. The van der Waals surface area contributed by atoms with E-state index in [1.807, 2.05) is 6.92 Å². The van der Waals surface area contributed by atoms with E-state index in [0.29, 0.717) is 30.3 Å². The molecule has 1 aromatic carbocycles. The van der Waals surface area contributed by atoms with Gasteiger partial charge in [-0.2, -0.15) is 0 Å². The molecule has 1 atom stereocenters. The lowest BCUT2D eigenvalue weighted by Crippen LogP contribution is -2.11. The summed E-state index contributed by atoms with van der Waals surface area (Å²) in [6.45, 7) is 7.07. The molecule has 22 heavy (non-hydrogen) atoms. The molecule has 0 N–H and O–H groups in total. The Balaban J connectivity index is 2.55. The summed E-state index contributed by atoms with van der Waals surface area (Å²) in [7, 11) is 0. The van der Waals surface area contributed by atoms with Crippen molar-refractivity contribution in [1.82, 2.24) is 0 Å². The Hall–Kier alpha value is -1.84. The van der Waals surface area contributed by atoms with Crippen LogP contribution in [-0.2, 0) is 9.47 Å². The zero-order chi connectivity index (χ0) is 16.4. The number of hydrogen-bond acceptors (Lipinski definition) is 4. The minimum absolute atomic E-state index is 0.382. The lowest BCUT2D eigenvalue weighted by Gasteiger charge is -2.09. The molecule has 0 aliphatic carbocycles. The quantitative estimate of drug-likeness (QED) is 0.506. The first kappa shape index (κ1) is 18.2. The second-order valence-electron chi connectivity index (χ2n) is 5.51. The highest BCUT2D eigenvalue weighted by molar-refractivity contribution is 5.95. The Morgan fingerprint density at radius 3 is 2.18 bits per heavy atom. The van der Waals surface area contributed by atoms with Crippen LogP contribution in [0.5, 0.6) is 0 Å². The highest BCUT2D eigenvalue weighted by Crippen LogP contribution is 2.11. The van der Waals surface area contributed by atoms with Crippen molar-refractivity contribution in [1.29, 1.82) is 0 Å². The number of carbonyl (C=O) groups excluding carboxylic acids is 2. The first-order chi connectivity index (χ1) is 10.6. The van der Waals surface area contributed by atoms with Gasteiger partial charge in [0, 0.05) is 0 Å². The van der Waals surface area contributed by atoms with Crippen molar-refractivity contribution >= 4 is 11.9 Å². The lowest BCUT2D eigenvalue weighted by atomic mass is 10.1. The highest BCUT2D eigenvalue weighted by Gasteiger charge is 2.12. The molecular formula is C18H26O4. The minimum atomic E-state index is -0.400. The van der Waals surface area contributed by atoms with Gasteiger partial charge in [-0.3, -0.25) is 0 Å². The predicted octanol–water partition coefficient (Wildman–Crippen LogP) is 4.24. The Labute approximate surface area is 132 Å². The third-order valence-corrected chi connectivity index (χ3v) is 3.61. The van der Waals surface area contributed by atoms with Crippen molar-refractivity contribution in [2.75, 3.05) is 13.2 Å². The van der Waals surface area contributed by atoms with Gasteiger partial charge in [0.25, 0.3) is 0 Å². The second kappa shape index (κ2) is 9.98. The molecule has 122 valence electrons. The molecule has 0 spiro atoms. The maximum Gasteiger partial charge on any atom is 0.338 e. The maximum absolute atomic E-state index is 12.0. The zero-order valence-electron chi connectivity index (χ0n) is 13.8. The fourth-order valence-electron chi connectivity index (χ4n) is 1.81. The van der Waals surface area contributed by atoms with Gasteiger partial charge in [-0.05, 0) is 37.0 Å².